The molecule has 0 saturated carbocycles. The molecule has 108 valence electrons. The van der Waals surface area contributed by atoms with E-state index >= 15 is 0 Å². The Kier molecular flexibility index (Phi) is 3.65. The normalized spacial score (nSPS) is 10.4. The van der Waals surface area contributed by atoms with Gasteiger partial charge in [-0.15, -0.1) is 0 Å². The van der Waals surface area contributed by atoms with E-state index in [2.05, 4.69) is 25.9 Å². The average Bonchev–Trinajstić information content (AvgIpc) is 2.94. The van der Waals surface area contributed by atoms with Crippen molar-refractivity contribution in [2.75, 3.05) is 11.9 Å². The quantitative estimate of drug-likeness (QED) is 0.654. The number of aromatic nitrogens is 2. The fraction of sp³-hybridized carbons (Fsp3) is 0.0625. The molecule has 3 rings (SSSR count). The van der Waals surface area contributed by atoms with Crippen LogP contribution in [0.2, 0.25) is 0 Å². The zero-order valence-electron chi connectivity index (χ0n) is 11.7. The molecule has 5 nitrogen and oxygen atoms in total. The first-order valence-electron chi connectivity index (χ1n) is 6.48. The van der Waals surface area contributed by atoms with E-state index in [0.717, 1.165) is 15.7 Å². The van der Waals surface area contributed by atoms with Crippen molar-refractivity contribution in [1.29, 1.82) is 0 Å². The SMILES string of the molecule is [C-]#[N+]c1ccc(N(C)C(=O)c2ccn3ncc(Br)c3c2)cc1. The van der Waals surface area contributed by atoms with Crippen LogP contribution in [-0.2, 0) is 0 Å². The van der Waals surface area contributed by atoms with Crippen molar-refractivity contribution in [2.45, 2.75) is 0 Å². The number of pyridine rings is 1. The zero-order valence-corrected chi connectivity index (χ0v) is 13.3. The lowest BCUT2D eigenvalue weighted by molar-refractivity contribution is 0.0993. The lowest BCUT2D eigenvalue weighted by Gasteiger charge is -2.17. The highest BCUT2D eigenvalue weighted by atomic mass is 79.9. The number of nitrogens with zero attached hydrogens (tertiary/aromatic N) is 4. The van der Waals surface area contributed by atoms with Crippen molar-refractivity contribution in [3.05, 3.63) is 70.2 Å². The third kappa shape index (κ3) is 2.47. The van der Waals surface area contributed by atoms with Crippen LogP contribution in [0.3, 0.4) is 0 Å². The van der Waals surface area contributed by atoms with E-state index in [1.807, 2.05) is 0 Å². The maximum atomic E-state index is 12.6. The van der Waals surface area contributed by atoms with Crippen LogP contribution in [0.25, 0.3) is 10.4 Å². The van der Waals surface area contributed by atoms with E-state index in [1.54, 1.807) is 65.3 Å². The first kappa shape index (κ1) is 14.3. The highest BCUT2D eigenvalue weighted by Gasteiger charge is 2.15. The lowest BCUT2D eigenvalue weighted by atomic mass is 10.2. The second-order valence-electron chi connectivity index (χ2n) is 4.73. The zero-order chi connectivity index (χ0) is 15.7. The first-order chi connectivity index (χ1) is 10.6. The molecule has 0 fully saturated rings. The molecule has 1 amide bonds. The number of hydrogen-bond acceptors (Lipinski definition) is 2. The van der Waals surface area contributed by atoms with Crippen LogP contribution < -0.4 is 4.90 Å². The number of rotatable bonds is 2. The maximum absolute atomic E-state index is 12.6. The molecule has 6 heteroatoms. The van der Waals surface area contributed by atoms with Crippen LogP contribution in [0, 0.1) is 6.57 Å². The molecule has 0 bridgehead atoms. The molecule has 0 saturated heterocycles. The number of fused-ring (bicyclic) bond motifs is 1. The summed E-state index contributed by atoms with van der Waals surface area (Å²) >= 11 is 3.41. The van der Waals surface area contributed by atoms with Crippen molar-refractivity contribution < 1.29 is 4.79 Å². The molecular formula is C16H11BrN4O. The molecule has 2 heterocycles. The number of carbonyl (C=O) groups is 1. The van der Waals surface area contributed by atoms with Crippen LogP contribution in [0.1, 0.15) is 10.4 Å². The molecule has 0 N–H and O–H groups in total. The molecular weight excluding hydrogens is 344 g/mol. The van der Waals surface area contributed by atoms with E-state index in [4.69, 9.17) is 6.57 Å². The smallest absolute Gasteiger partial charge is 0.258 e. The van der Waals surface area contributed by atoms with Gasteiger partial charge < -0.3 is 4.90 Å². The summed E-state index contributed by atoms with van der Waals surface area (Å²) in [4.78, 5) is 17.5. The van der Waals surface area contributed by atoms with Gasteiger partial charge in [0.25, 0.3) is 5.91 Å². The molecule has 0 aliphatic heterocycles. The minimum Gasteiger partial charge on any atom is -0.312 e. The number of anilines is 1. The molecule has 2 aromatic heterocycles. The van der Waals surface area contributed by atoms with Crippen LogP contribution >= 0.6 is 15.9 Å². The van der Waals surface area contributed by atoms with Gasteiger partial charge in [0.1, 0.15) is 0 Å². The Morgan fingerprint density at radius 1 is 1.32 bits per heavy atom. The molecule has 1 aromatic carbocycles. The van der Waals surface area contributed by atoms with E-state index in [-0.39, 0.29) is 5.91 Å². The first-order valence-corrected chi connectivity index (χ1v) is 7.28. The van der Waals surface area contributed by atoms with E-state index < -0.39 is 0 Å². The fourth-order valence-electron chi connectivity index (χ4n) is 2.15. The Labute approximate surface area is 135 Å². The van der Waals surface area contributed by atoms with Gasteiger partial charge in [-0.3, -0.25) is 4.79 Å². The average molecular weight is 355 g/mol. The van der Waals surface area contributed by atoms with Gasteiger partial charge in [-0.1, -0.05) is 12.1 Å². The highest BCUT2D eigenvalue weighted by Crippen LogP contribution is 2.22. The largest absolute Gasteiger partial charge is 0.312 e. The van der Waals surface area contributed by atoms with Crippen LogP contribution in [-0.4, -0.2) is 22.6 Å². The minimum absolute atomic E-state index is 0.119. The van der Waals surface area contributed by atoms with Gasteiger partial charge in [-0.25, -0.2) is 9.36 Å². The lowest BCUT2D eigenvalue weighted by Crippen LogP contribution is -2.26. The van der Waals surface area contributed by atoms with Crippen molar-refractivity contribution in [3.63, 3.8) is 0 Å². The number of carbonyl (C=O) groups excluding carboxylic acids is 1. The van der Waals surface area contributed by atoms with Crippen molar-refractivity contribution >= 4 is 38.7 Å². The summed E-state index contributed by atoms with van der Waals surface area (Å²) in [7, 11) is 1.71. The Morgan fingerprint density at radius 2 is 2.05 bits per heavy atom. The second kappa shape index (κ2) is 5.62. The molecule has 0 aliphatic carbocycles. The summed E-state index contributed by atoms with van der Waals surface area (Å²) in [6.45, 7) is 6.95. The van der Waals surface area contributed by atoms with Gasteiger partial charge in [0.15, 0.2) is 5.69 Å². The molecule has 22 heavy (non-hydrogen) atoms. The third-order valence-corrected chi connectivity index (χ3v) is 4.00. The highest BCUT2D eigenvalue weighted by molar-refractivity contribution is 9.10. The van der Waals surface area contributed by atoms with Gasteiger partial charge >= 0.3 is 0 Å². The standard InChI is InChI=1S/C16H11BrN4O/c1-18-12-3-5-13(6-4-12)20(2)16(22)11-7-8-21-15(9-11)14(17)10-19-21/h3-10H,2H3. The van der Waals surface area contributed by atoms with Crippen LogP contribution in [0.15, 0.2) is 53.3 Å². The van der Waals surface area contributed by atoms with Gasteiger partial charge in [-0.2, -0.15) is 5.10 Å². The molecule has 0 aliphatic rings. The summed E-state index contributed by atoms with van der Waals surface area (Å²) in [5.74, 6) is -0.119. The Morgan fingerprint density at radius 3 is 2.73 bits per heavy atom. The number of amides is 1. The van der Waals surface area contributed by atoms with E-state index in [1.165, 1.54) is 0 Å². The minimum atomic E-state index is -0.119. The Hall–Kier alpha value is -2.65. The number of benzene rings is 1. The number of halogens is 1. The molecule has 0 spiro atoms. The second-order valence-corrected chi connectivity index (χ2v) is 5.58. The molecule has 0 atom stereocenters. The topological polar surface area (TPSA) is 42.0 Å². The summed E-state index contributed by atoms with van der Waals surface area (Å²) in [6.07, 6.45) is 3.44. The summed E-state index contributed by atoms with van der Waals surface area (Å²) in [5.41, 5.74) is 2.70. The van der Waals surface area contributed by atoms with Crippen LogP contribution in [0.5, 0.6) is 0 Å². The van der Waals surface area contributed by atoms with Crippen molar-refractivity contribution in [2.24, 2.45) is 0 Å². The summed E-state index contributed by atoms with van der Waals surface area (Å²) in [5, 5.41) is 4.16. The van der Waals surface area contributed by atoms with E-state index in [0.29, 0.717) is 11.3 Å². The fourth-order valence-corrected chi connectivity index (χ4v) is 2.53. The molecule has 0 radical (unpaired) electrons. The van der Waals surface area contributed by atoms with Crippen LogP contribution in [0.4, 0.5) is 11.4 Å². The van der Waals surface area contributed by atoms with Gasteiger partial charge in [0.05, 0.1) is 22.8 Å². The van der Waals surface area contributed by atoms with Gasteiger partial charge in [0, 0.05) is 24.5 Å². The summed E-state index contributed by atoms with van der Waals surface area (Å²) < 4.78 is 2.54. The Bertz CT molecular complexity index is 893. The number of hydrogen-bond donors (Lipinski definition) is 0. The Balaban J connectivity index is 1.93. The monoisotopic (exact) mass is 354 g/mol. The van der Waals surface area contributed by atoms with Crippen molar-refractivity contribution in [3.8, 4) is 0 Å². The summed E-state index contributed by atoms with van der Waals surface area (Å²) in [6, 6.07) is 10.4. The van der Waals surface area contributed by atoms with Gasteiger partial charge in [-0.05, 0) is 40.2 Å². The predicted octanol–water partition coefficient (Wildman–Crippen LogP) is 3.92. The van der Waals surface area contributed by atoms with Gasteiger partial charge in [0.2, 0.25) is 0 Å². The maximum Gasteiger partial charge on any atom is 0.258 e. The molecule has 0 unspecified atom stereocenters. The molecule has 3 aromatic rings. The third-order valence-electron chi connectivity index (χ3n) is 3.39. The van der Waals surface area contributed by atoms with E-state index in [9.17, 15) is 4.79 Å². The predicted molar refractivity (Wildman–Crippen MR) is 88.3 cm³/mol. The van der Waals surface area contributed by atoms with Crippen molar-refractivity contribution in [1.82, 2.24) is 9.61 Å².